The predicted molar refractivity (Wildman–Crippen MR) is 68.9 cm³/mol. The van der Waals surface area contributed by atoms with Crippen LogP contribution in [0.2, 0.25) is 0 Å². The second-order valence-electron chi connectivity index (χ2n) is 3.59. The quantitative estimate of drug-likeness (QED) is 0.509. The molecule has 0 atom stereocenters. The van der Waals surface area contributed by atoms with Crippen LogP contribution < -0.4 is 9.47 Å². The van der Waals surface area contributed by atoms with E-state index in [0.29, 0.717) is 11.5 Å². The molecule has 0 fully saturated rings. The molecule has 4 heteroatoms. The van der Waals surface area contributed by atoms with Gasteiger partial charge in [-0.2, -0.15) is 0 Å². The molecule has 0 aliphatic rings. The van der Waals surface area contributed by atoms with Gasteiger partial charge in [-0.3, -0.25) is 0 Å². The summed E-state index contributed by atoms with van der Waals surface area (Å²) in [6.45, 7) is 0. The van der Waals surface area contributed by atoms with Crippen LogP contribution in [0.1, 0.15) is 5.56 Å². The maximum absolute atomic E-state index is 8.41. The normalized spacial score (nSPS) is 10.5. The van der Waals surface area contributed by atoms with Crippen molar-refractivity contribution in [1.82, 2.24) is 0 Å². The lowest BCUT2D eigenvalue weighted by Gasteiger charge is -2.07. The molecule has 0 aliphatic carbocycles. The number of benzene rings is 2. The highest BCUT2D eigenvalue weighted by Crippen LogP contribution is 2.25. The molecule has 2 aromatic rings. The summed E-state index contributed by atoms with van der Waals surface area (Å²) in [5.74, 6) is 2.16. The third kappa shape index (κ3) is 3.01. The first-order valence-corrected chi connectivity index (χ1v) is 5.41. The van der Waals surface area contributed by atoms with E-state index in [2.05, 4.69) is 5.16 Å². The Morgan fingerprint density at radius 2 is 1.72 bits per heavy atom. The summed E-state index contributed by atoms with van der Waals surface area (Å²) in [5.41, 5.74) is 0.801. The summed E-state index contributed by atoms with van der Waals surface area (Å²) in [6.07, 6.45) is 1.36. The van der Waals surface area contributed by atoms with Crippen molar-refractivity contribution < 1.29 is 14.7 Å². The molecular weight excluding hydrogens is 230 g/mol. The molecule has 1 N–H and O–H groups in total. The minimum atomic E-state index is 0.706. The number of ether oxygens (including phenoxy) is 2. The second-order valence-corrected chi connectivity index (χ2v) is 3.59. The zero-order valence-electron chi connectivity index (χ0n) is 9.91. The van der Waals surface area contributed by atoms with Crippen molar-refractivity contribution in [1.29, 1.82) is 0 Å². The SMILES string of the molecule is COc1cccc(Oc2ccc(C=NO)cc2)c1. The van der Waals surface area contributed by atoms with Crippen LogP contribution in [0.5, 0.6) is 17.2 Å². The summed E-state index contributed by atoms with van der Waals surface area (Å²) in [4.78, 5) is 0. The van der Waals surface area contributed by atoms with Gasteiger partial charge in [-0.1, -0.05) is 11.2 Å². The molecule has 0 amide bonds. The Hall–Kier alpha value is -2.49. The molecule has 0 heterocycles. The zero-order chi connectivity index (χ0) is 12.8. The van der Waals surface area contributed by atoms with Gasteiger partial charge < -0.3 is 14.7 Å². The fraction of sp³-hybridized carbons (Fsp3) is 0.0714. The third-order valence-corrected chi connectivity index (χ3v) is 2.36. The maximum Gasteiger partial charge on any atom is 0.131 e. The lowest BCUT2D eigenvalue weighted by molar-refractivity contribution is 0.322. The van der Waals surface area contributed by atoms with Crippen molar-refractivity contribution in [2.45, 2.75) is 0 Å². The van der Waals surface area contributed by atoms with Gasteiger partial charge in [-0.15, -0.1) is 0 Å². The van der Waals surface area contributed by atoms with Crippen LogP contribution in [0.4, 0.5) is 0 Å². The minimum absolute atomic E-state index is 0.706. The van der Waals surface area contributed by atoms with E-state index in [4.69, 9.17) is 14.7 Å². The summed E-state index contributed by atoms with van der Waals surface area (Å²) in [7, 11) is 1.61. The summed E-state index contributed by atoms with van der Waals surface area (Å²) >= 11 is 0. The number of methoxy groups -OCH3 is 1. The standard InChI is InChI=1S/C14H13NO3/c1-17-13-3-2-4-14(9-13)18-12-7-5-11(6-8-12)10-15-16/h2-10,16H,1H3. The number of oxime groups is 1. The first-order valence-electron chi connectivity index (χ1n) is 5.41. The Labute approximate surface area is 105 Å². The number of rotatable bonds is 4. The Bertz CT molecular complexity index is 535. The topological polar surface area (TPSA) is 51.0 Å². The Morgan fingerprint density at radius 3 is 2.39 bits per heavy atom. The van der Waals surface area contributed by atoms with E-state index >= 15 is 0 Å². The van der Waals surface area contributed by atoms with Crippen LogP contribution in [0.15, 0.2) is 53.7 Å². The molecule has 0 saturated heterocycles. The van der Waals surface area contributed by atoms with Gasteiger partial charge >= 0.3 is 0 Å². The number of nitrogens with zero attached hydrogens (tertiary/aromatic N) is 1. The van der Waals surface area contributed by atoms with Gasteiger partial charge in [0.15, 0.2) is 0 Å². The van der Waals surface area contributed by atoms with E-state index < -0.39 is 0 Å². The van der Waals surface area contributed by atoms with Gasteiger partial charge in [0, 0.05) is 6.07 Å². The molecule has 0 radical (unpaired) electrons. The van der Waals surface area contributed by atoms with Crippen molar-refractivity contribution in [3.05, 3.63) is 54.1 Å². The Morgan fingerprint density at radius 1 is 1.00 bits per heavy atom. The molecular formula is C14H13NO3. The van der Waals surface area contributed by atoms with E-state index in [1.165, 1.54) is 6.21 Å². The largest absolute Gasteiger partial charge is 0.497 e. The first kappa shape index (κ1) is 12.0. The number of hydrogen-bond acceptors (Lipinski definition) is 4. The summed E-state index contributed by atoms with van der Waals surface area (Å²) in [6, 6.07) is 14.6. The lowest BCUT2D eigenvalue weighted by atomic mass is 10.2. The monoisotopic (exact) mass is 243 g/mol. The molecule has 0 bridgehead atoms. The van der Waals surface area contributed by atoms with Gasteiger partial charge in [0.2, 0.25) is 0 Å². The molecule has 0 unspecified atom stereocenters. The number of hydrogen-bond donors (Lipinski definition) is 1. The Kier molecular flexibility index (Phi) is 3.81. The van der Waals surface area contributed by atoms with Crippen molar-refractivity contribution in [3.8, 4) is 17.2 Å². The average Bonchev–Trinajstić information content (AvgIpc) is 2.42. The summed E-state index contributed by atoms with van der Waals surface area (Å²) in [5, 5.41) is 11.4. The third-order valence-electron chi connectivity index (χ3n) is 2.36. The minimum Gasteiger partial charge on any atom is -0.497 e. The van der Waals surface area contributed by atoms with Crippen LogP contribution in [-0.4, -0.2) is 18.5 Å². The zero-order valence-corrected chi connectivity index (χ0v) is 9.91. The van der Waals surface area contributed by atoms with Crippen LogP contribution in [0.25, 0.3) is 0 Å². The van der Waals surface area contributed by atoms with Gasteiger partial charge in [-0.05, 0) is 42.0 Å². The van der Waals surface area contributed by atoms with Crippen LogP contribution in [-0.2, 0) is 0 Å². The van der Waals surface area contributed by atoms with E-state index in [1.54, 1.807) is 31.4 Å². The first-order chi connectivity index (χ1) is 8.81. The fourth-order valence-corrected chi connectivity index (χ4v) is 1.49. The van der Waals surface area contributed by atoms with Gasteiger partial charge in [0.05, 0.1) is 13.3 Å². The fourth-order valence-electron chi connectivity index (χ4n) is 1.49. The van der Waals surface area contributed by atoms with Crippen molar-refractivity contribution >= 4 is 6.21 Å². The molecule has 0 spiro atoms. The van der Waals surface area contributed by atoms with E-state index in [0.717, 1.165) is 11.3 Å². The van der Waals surface area contributed by atoms with Crippen LogP contribution in [0, 0.1) is 0 Å². The predicted octanol–water partition coefficient (Wildman–Crippen LogP) is 3.30. The smallest absolute Gasteiger partial charge is 0.131 e. The molecule has 2 aromatic carbocycles. The molecule has 2 rings (SSSR count). The highest BCUT2D eigenvalue weighted by Gasteiger charge is 1.99. The lowest BCUT2D eigenvalue weighted by Crippen LogP contribution is -1.87. The molecule has 0 aliphatic heterocycles. The van der Waals surface area contributed by atoms with Gasteiger partial charge in [0.25, 0.3) is 0 Å². The van der Waals surface area contributed by atoms with Crippen LogP contribution in [0.3, 0.4) is 0 Å². The van der Waals surface area contributed by atoms with Crippen molar-refractivity contribution in [2.24, 2.45) is 5.16 Å². The maximum atomic E-state index is 8.41. The molecule has 0 saturated carbocycles. The molecule has 18 heavy (non-hydrogen) atoms. The highest BCUT2D eigenvalue weighted by atomic mass is 16.5. The van der Waals surface area contributed by atoms with Crippen molar-refractivity contribution in [3.63, 3.8) is 0 Å². The van der Waals surface area contributed by atoms with E-state index in [1.807, 2.05) is 24.3 Å². The summed E-state index contributed by atoms with van der Waals surface area (Å²) < 4.78 is 10.8. The molecule has 4 nitrogen and oxygen atoms in total. The molecule has 0 aromatic heterocycles. The molecule has 92 valence electrons. The van der Waals surface area contributed by atoms with Gasteiger partial charge in [0.1, 0.15) is 17.2 Å². The van der Waals surface area contributed by atoms with Crippen LogP contribution >= 0.6 is 0 Å². The Balaban J connectivity index is 2.12. The van der Waals surface area contributed by atoms with E-state index in [9.17, 15) is 0 Å². The van der Waals surface area contributed by atoms with E-state index in [-0.39, 0.29) is 0 Å². The average molecular weight is 243 g/mol. The highest BCUT2D eigenvalue weighted by molar-refractivity contribution is 5.79. The van der Waals surface area contributed by atoms with Crippen molar-refractivity contribution in [2.75, 3.05) is 7.11 Å². The second kappa shape index (κ2) is 5.72. The van der Waals surface area contributed by atoms with Gasteiger partial charge in [-0.25, -0.2) is 0 Å².